The van der Waals surface area contributed by atoms with Gasteiger partial charge >= 0.3 is 5.97 Å². The van der Waals surface area contributed by atoms with E-state index in [0.717, 1.165) is 19.3 Å². The topological polar surface area (TPSA) is 83.5 Å². The first kappa shape index (κ1) is 15.8. The maximum absolute atomic E-state index is 13.7. The maximum Gasteiger partial charge on any atom is 0.335 e. The van der Waals surface area contributed by atoms with Crippen LogP contribution in [-0.2, 0) is 10.0 Å². The standard InChI is InChI=1S/C13H15F2NO4S/c1-7(8-3-2-4-8)16-21(19,20)11-6-9(13(17)18)5-10(14)12(11)15/h5-8,16H,2-4H2,1H3,(H,17,18). The van der Waals surface area contributed by atoms with Gasteiger partial charge < -0.3 is 5.11 Å². The van der Waals surface area contributed by atoms with Crippen LogP contribution in [-0.4, -0.2) is 25.5 Å². The molecule has 0 aromatic heterocycles. The number of nitrogens with one attached hydrogen (secondary N) is 1. The highest BCUT2D eigenvalue weighted by Crippen LogP contribution is 2.30. The molecule has 0 amide bonds. The molecule has 5 nitrogen and oxygen atoms in total. The Morgan fingerprint density at radius 2 is 2.00 bits per heavy atom. The minimum absolute atomic E-state index is 0.162. The summed E-state index contributed by atoms with van der Waals surface area (Å²) in [6.45, 7) is 1.65. The number of sulfonamides is 1. The highest BCUT2D eigenvalue weighted by molar-refractivity contribution is 7.89. The summed E-state index contributed by atoms with van der Waals surface area (Å²) >= 11 is 0. The van der Waals surface area contributed by atoms with E-state index in [-0.39, 0.29) is 5.92 Å². The molecule has 0 bridgehead atoms. The lowest BCUT2D eigenvalue weighted by molar-refractivity contribution is 0.0696. The van der Waals surface area contributed by atoms with Crippen LogP contribution in [0.15, 0.2) is 17.0 Å². The zero-order valence-electron chi connectivity index (χ0n) is 11.3. The second kappa shape index (κ2) is 5.69. The SMILES string of the molecule is CC(NS(=O)(=O)c1cc(C(=O)O)cc(F)c1F)C1CCC1. The van der Waals surface area contributed by atoms with E-state index in [4.69, 9.17) is 5.11 Å². The van der Waals surface area contributed by atoms with Crippen LogP contribution in [0.4, 0.5) is 8.78 Å². The summed E-state index contributed by atoms with van der Waals surface area (Å²) in [5.74, 6) is -4.45. The molecule has 0 saturated heterocycles. The monoisotopic (exact) mass is 319 g/mol. The third-order valence-electron chi connectivity index (χ3n) is 3.73. The molecule has 0 radical (unpaired) electrons. The van der Waals surface area contributed by atoms with Gasteiger partial charge in [-0.05, 0) is 37.8 Å². The summed E-state index contributed by atoms with van der Waals surface area (Å²) < 4.78 is 53.6. The third kappa shape index (κ3) is 3.21. The predicted molar refractivity (Wildman–Crippen MR) is 70.4 cm³/mol. The number of aromatic carboxylic acids is 1. The minimum Gasteiger partial charge on any atom is -0.478 e. The molecule has 1 aliphatic rings. The molecule has 116 valence electrons. The normalized spacial score (nSPS) is 17.3. The number of carboxylic acids is 1. The van der Waals surface area contributed by atoms with Gasteiger partial charge in [0.1, 0.15) is 4.90 Å². The molecule has 1 unspecified atom stereocenters. The molecule has 21 heavy (non-hydrogen) atoms. The zero-order chi connectivity index (χ0) is 15.8. The average molecular weight is 319 g/mol. The summed E-state index contributed by atoms with van der Waals surface area (Å²) in [5.41, 5.74) is -0.620. The number of hydrogen-bond acceptors (Lipinski definition) is 3. The van der Waals surface area contributed by atoms with Crippen molar-refractivity contribution in [2.24, 2.45) is 5.92 Å². The molecule has 1 aromatic carbocycles. The minimum atomic E-state index is -4.32. The summed E-state index contributed by atoms with van der Waals surface area (Å²) in [5, 5.41) is 8.80. The summed E-state index contributed by atoms with van der Waals surface area (Å²) in [7, 11) is -4.32. The number of carboxylic acid groups (broad SMARTS) is 1. The molecule has 1 atom stereocenters. The Bertz CT molecular complexity index is 671. The second-order valence-electron chi connectivity index (χ2n) is 5.18. The van der Waals surface area contributed by atoms with Gasteiger partial charge in [0, 0.05) is 6.04 Å². The highest BCUT2D eigenvalue weighted by atomic mass is 32.2. The van der Waals surface area contributed by atoms with Crippen molar-refractivity contribution in [3.05, 3.63) is 29.3 Å². The van der Waals surface area contributed by atoms with Crippen molar-refractivity contribution in [1.82, 2.24) is 4.72 Å². The van der Waals surface area contributed by atoms with Crippen LogP contribution in [0.2, 0.25) is 0 Å². The Hall–Kier alpha value is -1.54. The summed E-state index contributed by atoms with van der Waals surface area (Å²) in [4.78, 5) is 9.84. The number of rotatable bonds is 5. The Labute approximate surface area is 121 Å². The molecule has 0 aliphatic heterocycles. The van der Waals surface area contributed by atoms with Crippen molar-refractivity contribution in [1.29, 1.82) is 0 Å². The van der Waals surface area contributed by atoms with Crippen LogP contribution in [0, 0.1) is 17.6 Å². The molecule has 1 aromatic rings. The molecular weight excluding hydrogens is 304 g/mol. The van der Waals surface area contributed by atoms with E-state index in [9.17, 15) is 22.0 Å². The molecule has 8 heteroatoms. The van der Waals surface area contributed by atoms with Gasteiger partial charge in [-0.1, -0.05) is 6.42 Å². The first-order chi connectivity index (χ1) is 9.72. The maximum atomic E-state index is 13.7. The van der Waals surface area contributed by atoms with Crippen molar-refractivity contribution in [3.8, 4) is 0 Å². The number of carbonyl (C=O) groups is 1. The third-order valence-corrected chi connectivity index (χ3v) is 5.29. The summed E-state index contributed by atoms with van der Waals surface area (Å²) in [6, 6.07) is 0.655. The van der Waals surface area contributed by atoms with E-state index < -0.39 is 44.1 Å². The molecule has 1 fully saturated rings. The molecule has 1 aliphatic carbocycles. The van der Waals surface area contributed by atoms with Gasteiger partial charge in [0.2, 0.25) is 10.0 Å². The van der Waals surface area contributed by atoms with Crippen LogP contribution in [0.5, 0.6) is 0 Å². The van der Waals surface area contributed by atoms with Gasteiger partial charge in [-0.25, -0.2) is 26.7 Å². The van der Waals surface area contributed by atoms with E-state index in [0.29, 0.717) is 12.1 Å². The number of halogens is 2. The number of benzene rings is 1. The molecule has 0 spiro atoms. The Morgan fingerprint density at radius 1 is 1.38 bits per heavy atom. The van der Waals surface area contributed by atoms with E-state index in [1.807, 2.05) is 0 Å². The lowest BCUT2D eigenvalue weighted by atomic mass is 9.81. The van der Waals surface area contributed by atoms with Gasteiger partial charge in [0.25, 0.3) is 0 Å². The first-order valence-corrected chi connectivity index (χ1v) is 7.95. The lowest BCUT2D eigenvalue weighted by Crippen LogP contribution is -2.41. The van der Waals surface area contributed by atoms with Crippen LogP contribution in [0.25, 0.3) is 0 Å². The average Bonchev–Trinajstić information content (AvgIpc) is 2.28. The highest BCUT2D eigenvalue weighted by Gasteiger charge is 2.30. The fourth-order valence-electron chi connectivity index (χ4n) is 2.23. The Kier molecular flexibility index (Phi) is 4.29. The van der Waals surface area contributed by atoms with Gasteiger partial charge in [-0.15, -0.1) is 0 Å². The van der Waals surface area contributed by atoms with Gasteiger partial charge in [-0.3, -0.25) is 0 Å². The van der Waals surface area contributed by atoms with Crippen molar-refractivity contribution < 1.29 is 27.1 Å². The van der Waals surface area contributed by atoms with Crippen LogP contribution in [0.3, 0.4) is 0 Å². The lowest BCUT2D eigenvalue weighted by Gasteiger charge is -2.31. The van der Waals surface area contributed by atoms with Crippen LogP contribution < -0.4 is 4.72 Å². The second-order valence-corrected chi connectivity index (χ2v) is 6.86. The van der Waals surface area contributed by atoms with Crippen molar-refractivity contribution in [3.63, 3.8) is 0 Å². The van der Waals surface area contributed by atoms with Gasteiger partial charge in [0.05, 0.1) is 5.56 Å². The smallest absolute Gasteiger partial charge is 0.335 e. The van der Waals surface area contributed by atoms with E-state index in [1.54, 1.807) is 6.92 Å². The Morgan fingerprint density at radius 3 is 2.48 bits per heavy atom. The summed E-state index contributed by atoms with van der Waals surface area (Å²) in [6.07, 6.45) is 2.75. The van der Waals surface area contributed by atoms with Gasteiger partial charge in [-0.2, -0.15) is 0 Å². The largest absolute Gasteiger partial charge is 0.478 e. The fourth-order valence-corrected chi connectivity index (χ4v) is 3.65. The molecule has 0 heterocycles. The molecule has 1 saturated carbocycles. The number of hydrogen-bond donors (Lipinski definition) is 2. The van der Waals surface area contributed by atoms with E-state index in [2.05, 4.69) is 4.72 Å². The zero-order valence-corrected chi connectivity index (χ0v) is 12.1. The van der Waals surface area contributed by atoms with Crippen LogP contribution >= 0.6 is 0 Å². The van der Waals surface area contributed by atoms with Crippen molar-refractivity contribution >= 4 is 16.0 Å². The molecule has 2 N–H and O–H groups in total. The van der Waals surface area contributed by atoms with Gasteiger partial charge in [0.15, 0.2) is 11.6 Å². The van der Waals surface area contributed by atoms with Crippen molar-refractivity contribution in [2.45, 2.75) is 37.1 Å². The predicted octanol–water partition coefficient (Wildman–Crippen LogP) is 2.13. The van der Waals surface area contributed by atoms with E-state index >= 15 is 0 Å². The van der Waals surface area contributed by atoms with Crippen molar-refractivity contribution in [2.75, 3.05) is 0 Å². The first-order valence-electron chi connectivity index (χ1n) is 6.47. The Balaban J connectivity index is 2.36. The molecular formula is C13H15F2NO4S. The fraction of sp³-hybridized carbons (Fsp3) is 0.462. The quantitative estimate of drug-likeness (QED) is 0.871. The molecule has 2 rings (SSSR count). The van der Waals surface area contributed by atoms with Crippen LogP contribution in [0.1, 0.15) is 36.5 Å². The van der Waals surface area contributed by atoms with E-state index in [1.165, 1.54) is 0 Å².